The van der Waals surface area contributed by atoms with Crippen LogP contribution in [0.5, 0.6) is 0 Å². The highest BCUT2D eigenvalue weighted by molar-refractivity contribution is 7.98. The summed E-state index contributed by atoms with van der Waals surface area (Å²) in [6, 6.07) is 4.36. The zero-order valence-electron chi connectivity index (χ0n) is 11.4. The molecule has 0 saturated heterocycles. The summed E-state index contributed by atoms with van der Waals surface area (Å²) in [5.74, 6) is 0.439. The fourth-order valence-corrected chi connectivity index (χ4v) is 2.68. The molecule has 0 aliphatic heterocycles. The summed E-state index contributed by atoms with van der Waals surface area (Å²) in [4.78, 5) is 0. The molecular formula is C12H11ClFN7S. The highest BCUT2D eigenvalue weighted by Gasteiger charge is 2.09. The van der Waals surface area contributed by atoms with Crippen molar-refractivity contribution in [2.45, 2.75) is 10.9 Å². The van der Waals surface area contributed by atoms with Gasteiger partial charge in [0.05, 0.1) is 22.6 Å². The minimum absolute atomic E-state index is 0.0403. The quantitative estimate of drug-likeness (QED) is 0.732. The molecule has 0 radical (unpaired) electrons. The van der Waals surface area contributed by atoms with E-state index in [1.54, 1.807) is 23.9 Å². The lowest BCUT2D eigenvalue weighted by atomic mass is 10.3. The molecule has 0 aliphatic rings. The second-order valence-corrected chi connectivity index (χ2v) is 5.79. The first-order valence-corrected chi connectivity index (χ1v) is 7.55. The van der Waals surface area contributed by atoms with Crippen molar-refractivity contribution in [2.24, 2.45) is 7.05 Å². The molecule has 2 aromatic heterocycles. The molecule has 2 heterocycles. The lowest BCUT2D eigenvalue weighted by Crippen LogP contribution is -1.98. The molecule has 1 aromatic carbocycles. The fourth-order valence-electron chi connectivity index (χ4n) is 1.71. The zero-order chi connectivity index (χ0) is 15.7. The van der Waals surface area contributed by atoms with E-state index in [1.807, 2.05) is 0 Å². The number of benzene rings is 1. The maximum Gasteiger partial charge on any atom is 0.222 e. The Kier molecular flexibility index (Phi) is 3.99. The monoisotopic (exact) mass is 339 g/mol. The van der Waals surface area contributed by atoms with Crippen molar-refractivity contribution in [3.63, 3.8) is 0 Å². The van der Waals surface area contributed by atoms with E-state index in [2.05, 4.69) is 20.5 Å². The number of nitrogen functional groups attached to an aromatic ring is 1. The molecule has 10 heteroatoms. The van der Waals surface area contributed by atoms with Crippen molar-refractivity contribution in [3.05, 3.63) is 40.9 Å². The number of rotatable bonds is 4. The maximum absolute atomic E-state index is 13.2. The van der Waals surface area contributed by atoms with Crippen LogP contribution in [0.25, 0.3) is 5.69 Å². The highest BCUT2D eigenvalue weighted by Crippen LogP contribution is 2.22. The molecule has 0 bridgehead atoms. The minimum atomic E-state index is -0.471. The Hall–Kier alpha value is -2.13. The summed E-state index contributed by atoms with van der Waals surface area (Å²) in [5.41, 5.74) is 7.00. The lowest BCUT2D eigenvalue weighted by Gasteiger charge is -2.01. The van der Waals surface area contributed by atoms with Crippen molar-refractivity contribution in [3.8, 4) is 5.69 Å². The van der Waals surface area contributed by atoms with Crippen molar-refractivity contribution in [2.75, 3.05) is 5.73 Å². The van der Waals surface area contributed by atoms with Gasteiger partial charge in [-0.1, -0.05) is 28.6 Å². The van der Waals surface area contributed by atoms with Gasteiger partial charge in [-0.2, -0.15) is 0 Å². The molecule has 3 rings (SSSR count). The summed E-state index contributed by atoms with van der Waals surface area (Å²) in [7, 11) is 1.79. The summed E-state index contributed by atoms with van der Waals surface area (Å²) >= 11 is 7.20. The van der Waals surface area contributed by atoms with E-state index in [-0.39, 0.29) is 5.02 Å². The number of hydrogen-bond acceptors (Lipinski definition) is 6. The average Bonchev–Trinajstić information content (AvgIpc) is 3.09. The Morgan fingerprint density at radius 2 is 2.14 bits per heavy atom. The van der Waals surface area contributed by atoms with Crippen LogP contribution in [0, 0.1) is 5.82 Å². The maximum atomic E-state index is 13.2. The Balaban J connectivity index is 1.73. The van der Waals surface area contributed by atoms with Crippen molar-refractivity contribution in [1.29, 1.82) is 0 Å². The first-order chi connectivity index (χ1) is 10.5. The van der Waals surface area contributed by atoms with Gasteiger partial charge in [0.2, 0.25) is 5.95 Å². The molecule has 0 fully saturated rings. The standard InChI is InChI=1S/C12H11ClFN7S/c1-20-11(15)17-18-12(20)22-6-7-5-21(19-16-7)8-2-3-10(14)9(13)4-8/h2-5H,6H2,1H3,(H2,15,17). The van der Waals surface area contributed by atoms with Crippen molar-refractivity contribution in [1.82, 2.24) is 29.8 Å². The van der Waals surface area contributed by atoms with E-state index >= 15 is 0 Å². The van der Waals surface area contributed by atoms with E-state index in [1.165, 1.54) is 28.6 Å². The third-order valence-corrected chi connectivity index (χ3v) is 4.27. The second kappa shape index (κ2) is 5.93. The van der Waals surface area contributed by atoms with E-state index < -0.39 is 5.82 Å². The van der Waals surface area contributed by atoms with Crippen LogP contribution in [0.4, 0.5) is 10.3 Å². The Morgan fingerprint density at radius 1 is 1.32 bits per heavy atom. The Labute approximate surface area is 134 Å². The Bertz CT molecular complexity index is 816. The van der Waals surface area contributed by atoms with Crippen LogP contribution >= 0.6 is 23.4 Å². The van der Waals surface area contributed by atoms with E-state index in [4.69, 9.17) is 17.3 Å². The van der Waals surface area contributed by atoms with Gasteiger partial charge in [0, 0.05) is 12.8 Å². The number of aromatic nitrogens is 6. The molecule has 3 aromatic rings. The molecule has 7 nitrogen and oxygen atoms in total. The number of halogens is 2. The third kappa shape index (κ3) is 2.90. The second-order valence-electron chi connectivity index (χ2n) is 4.44. The smallest absolute Gasteiger partial charge is 0.222 e. The molecule has 0 saturated carbocycles. The number of thioether (sulfide) groups is 1. The fraction of sp³-hybridized carbons (Fsp3) is 0.167. The van der Waals surface area contributed by atoms with Gasteiger partial charge < -0.3 is 5.73 Å². The normalized spacial score (nSPS) is 11.0. The molecule has 0 atom stereocenters. The van der Waals surface area contributed by atoms with E-state index in [9.17, 15) is 4.39 Å². The van der Waals surface area contributed by atoms with E-state index in [0.29, 0.717) is 22.5 Å². The first-order valence-electron chi connectivity index (χ1n) is 6.19. The molecule has 114 valence electrons. The molecule has 0 aliphatic carbocycles. The molecule has 0 unspecified atom stereocenters. The van der Waals surface area contributed by atoms with Gasteiger partial charge in [-0.15, -0.1) is 15.3 Å². The van der Waals surface area contributed by atoms with Crippen LogP contribution in [0.1, 0.15) is 5.69 Å². The predicted molar refractivity (Wildman–Crippen MR) is 81.3 cm³/mol. The summed E-state index contributed by atoms with van der Waals surface area (Å²) in [6.45, 7) is 0. The first kappa shape index (κ1) is 14.8. The van der Waals surface area contributed by atoms with Crippen LogP contribution in [0.3, 0.4) is 0 Å². The summed E-state index contributed by atoms with van der Waals surface area (Å²) < 4.78 is 16.4. The van der Waals surface area contributed by atoms with Gasteiger partial charge in [-0.3, -0.25) is 4.57 Å². The van der Waals surface area contributed by atoms with Crippen molar-refractivity contribution < 1.29 is 4.39 Å². The number of nitrogens with zero attached hydrogens (tertiary/aromatic N) is 6. The number of hydrogen-bond donors (Lipinski definition) is 1. The van der Waals surface area contributed by atoms with Crippen LogP contribution in [-0.4, -0.2) is 29.8 Å². The molecular weight excluding hydrogens is 329 g/mol. The van der Waals surface area contributed by atoms with E-state index in [0.717, 1.165) is 5.69 Å². The van der Waals surface area contributed by atoms with Gasteiger partial charge in [0.1, 0.15) is 5.82 Å². The number of anilines is 1. The minimum Gasteiger partial charge on any atom is -0.368 e. The number of nitrogens with two attached hydrogens (primary N) is 1. The van der Waals surface area contributed by atoms with Crippen LogP contribution in [0.2, 0.25) is 5.02 Å². The lowest BCUT2D eigenvalue weighted by molar-refractivity contribution is 0.627. The van der Waals surface area contributed by atoms with Gasteiger partial charge in [0.25, 0.3) is 0 Å². The predicted octanol–water partition coefficient (Wildman–Crippen LogP) is 2.06. The highest BCUT2D eigenvalue weighted by atomic mass is 35.5. The third-order valence-electron chi connectivity index (χ3n) is 2.93. The van der Waals surface area contributed by atoms with Gasteiger partial charge in [-0.05, 0) is 18.2 Å². The Morgan fingerprint density at radius 3 is 2.82 bits per heavy atom. The SMILES string of the molecule is Cn1c(N)nnc1SCc1cn(-c2ccc(F)c(Cl)c2)nn1. The van der Waals surface area contributed by atoms with Crippen LogP contribution < -0.4 is 5.73 Å². The topological polar surface area (TPSA) is 87.4 Å². The average molecular weight is 340 g/mol. The molecule has 0 amide bonds. The summed E-state index contributed by atoms with van der Waals surface area (Å²) in [5, 5.41) is 16.5. The molecule has 2 N–H and O–H groups in total. The molecule has 22 heavy (non-hydrogen) atoms. The van der Waals surface area contributed by atoms with Gasteiger partial charge in [-0.25, -0.2) is 9.07 Å². The molecule has 0 spiro atoms. The summed E-state index contributed by atoms with van der Waals surface area (Å²) in [6.07, 6.45) is 1.75. The largest absolute Gasteiger partial charge is 0.368 e. The zero-order valence-corrected chi connectivity index (χ0v) is 13.0. The van der Waals surface area contributed by atoms with Crippen LogP contribution in [0.15, 0.2) is 29.6 Å². The van der Waals surface area contributed by atoms with Gasteiger partial charge in [0.15, 0.2) is 5.16 Å². The van der Waals surface area contributed by atoms with Crippen LogP contribution in [-0.2, 0) is 12.8 Å². The van der Waals surface area contributed by atoms with Gasteiger partial charge >= 0.3 is 0 Å². The van der Waals surface area contributed by atoms with Crippen molar-refractivity contribution >= 4 is 29.3 Å².